The molecule has 1 heterocycles. The summed E-state index contributed by atoms with van der Waals surface area (Å²) in [7, 11) is 0. The highest BCUT2D eigenvalue weighted by atomic mass is 32.2. The molecule has 1 N–H and O–H groups in total. The maximum Gasteiger partial charge on any atom is 0.235 e. The lowest BCUT2D eigenvalue weighted by atomic mass is 10.2. The lowest BCUT2D eigenvalue weighted by Crippen LogP contribution is -2.16. The minimum absolute atomic E-state index is 0.00450. The van der Waals surface area contributed by atoms with Crippen LogP contribution in [0.4, 0.5) is 5.82 Å². The van der Waals surface area contributed by atoms with Crippen molar-refractivity contribution in [3.63, 3.8) is 0 Å². The third-order valence-corrected chi connectivity index (χ3v) is 3.84. The fraction of sp³-hybridized carbons (Fsp3) is 0.250. The molecule has 0 unspecified atom stereocenters. The number of aromatic nitrogens is 1. The number of amides is 1. The summed E-state index contributed by atoms with van der Waals surface area (Å²) in [4.78, 5) is 16.0. The topological polar surface area (TPSA) is 42.0 Å². The Hall–Kier alpha value is -1.81. The van der Waals surface area contributed by atoms with Crippen LogP contribution in [0, 0.1) is 6.92 Å². The molecule has 0 fully saturated rings. The number of aryl methyl sites for hydroxylation is 2. The minimum Gasteiger partial charge on any atom is -0.310 e. The first-order chi connectivity index (χ1) is 9.75. The van der Waals surface area contributed by atoms with Crippen LogP contribution in [0.1, 0.15) is 11.1 Å². The zero-order valence-electron chi connectivity index (χ0n) is 11.5. The molecule has 3 nitrogen and oxygen atoms in total. The Balaban J connectivity index is 1.69. The molecule has 1 aromatic heterocycles. The fourth-order valence-corrected chi connectivity index (χ4v) is 2.57. The number of pyridine rings is 1. The van der Waals surface area contributed by atoms with E-state index < -0.39 is 0 Å². The second kappa shape index (κ2) is 7.70. The molecule has 2 aromatic rings. The maximum absolute atomic E-state index is 11.8. The van der Waals surface area contributed by atoms with Gasteiger partial charge in [-0.25, -0.2) is 4.98 Å². The third-order valence-electron chi connectivity index (χ3n) is 2.88. The average molecular weight is 286 g/mol. The summed E-state index contributed by atoms with van der Waals surface area (Å²) in [5, 5.41) is 2.84. The van der Waals surface area contributed by atoms with Crippen LogP contribution in [-0.4, -0.2) is 22.4 Å². The molecule has 0 saturated heterocycles. The van der Waals surface area contributed by atoms with Gasteiger partial charge in [0.05, 0.1) is 5.75 Å². The maximum atomic E-state index is 11.8. The van der Waals surface area contributed by atoms with Crippen molar-refractivity contribution < 1.29 is 4.79 Å². The molecule has 104 valence electrons. The molecule has 1 aromatic carbocycles. The van der Waals surface area contributed by atoms with Gasteiger partial charge in [0.15, 0.2) is 0 Å². The number of hydrogen-bond donors (Lipinski definition) is 1. The number of hydrogen-bond acceptors (Lipinski definition) is 3. The second-order valence-electron chi connectivity index (χ2n) is 4.51. The summed E-state index contributed by atoms with van der Waals surface area (Å²) in [6, 6.07) is 14.1. The number of rotatable bonds is 6. The van der Waals surface area contributed by atoms with E-state index in [1.54, 1.807) is 18.0 Å². The highest BCUT2D eigenvalue weighted by molar-refractivity contribution is 7.99. The fourth-order valence-electron chi connectivity index (χ4n) is 1.78. The van der Waals surface area contributed by atoms with Gasteiger partial charge in [0.2, 0.25) is 5.91 Å². The predicted octanol–water partition coefficient (Wildman–Crippen LogP) is 3.30. The van der Waals surface area contributed by atoms with Crippen molar-refractivity contribution in [3.8, 4) is 0 Å². The smallest absolute Gasteiger partial charge is 0.235 e. The van der Waals surface area contributed by atoms with Gasteiger partial charge in [0.1, 0.15) is 5.82 Å². The van der Waals surface area contributed by atoms with Crippen LogP contribution >= 0.6 is 11.8 Å². The first kappa shape index (κ1) is 14.6. The van der Waals surface area contributed by atoms with Gasteiger partial charge in [-0.2, -0.15) is 11.8 Å². The van der Waals surface area contributed by atoms with Crippen molar-refractivity contribution in [2.24, 2.45) is 0 Å². The normalized spacial score (nSPS) is 10.2. The summed E-state index contributed by atoms with van der Waals surface area (Å²) in [6.45, 7) is 1.94. The Morgan fingerprint density at radius 2 is 2.00 bits per heavy atom. The molecule has 0 aliphatic heterocycles. The molecule has 0 atom stereocenters. The third kappa shape index (κ3) is 4.70. The standard InChI is InChI=1S/C16H18N2OS/c1-13-6-5-10-17-16(13)18-15(19)12-20-11-9-14-7-3-2-4-8-14/h2-8,10H,9,11-12H2,1H3,(H,17,18,19). The summed E-state index contributed by atoms with van der Waals surface area (Å²) >= 11 is 1.64. The van der Waals surface area contributed by atoms with Crippen LogP contribution in [-0.2, 0) is 11.2 Å². The summed E-state index contributed by atoms with van der Waals surface area (Å²) < 4.78 is 0. The number of benzene rings is 1. The van der Waals surface area contributed by atoms with Gasteiger partial charge < -0.3 is 5.32 Å². The van der Waals surface area contributed by atoms with Crippen molar-refractivity contribution >= 4 is 23.5 Å². The Bertz CT molecular complexity index is 557. The van der Waals surface area contributed by atoms with E-state index in [4.69, 9.17) is 0 Å². The molecule has 20 heavy (non-hydrogen) atoms. The zero-order valence-corrected chi connectivity index (χ0v) is 12.3. The number of nitrogens with zero attached hydrogens (tertiary/aromatic N) is 1. The largest absolute Gasteiger partial charge is 0.310 e. The molecule has 0 aliphatic rings. The Labute approximate surface area is 123 Å². The second-order valence-corrected chi connectivity index (χ2v) is 5.61. The van der Waals surface area contributed by atoms with E-state index in [1.807, 2.05) is 37.3 Å². The van der Waals surface area contributed by atoms with Gasteiger partial charge in [-0.15, -0.1) is 0 Å². The van der Waals surface area contributed by atoms with E-state index in [-0.39, 0.29) is 5.91 Å². The number of carbonyl (C=O) groups excluding carboxylic acids is 1. The summed E-state index contributed by atoms with van der Waals surface area (Å²) in [6.07, 6.45) is 2.67. The lowest BCUT2D eigenvalue weighted by molar-refractivity contribution is -0.113. The van der Waals surface area contributed by atoms with Crippen molar-refractivity contribution in [1.29, 1.82) is 0 Å². The molecule has 0 spiro atoms. The summed E-state index contributed by atoms with van der Waals surface area (Å²) in [5.74, 6) is 2.06. The van der Waals surface area contributed by atoms with Gasteiger partial charge in [-0.05, 0) is 36.3 Å². The minimum atomic E-state index is 0.00450. The number of anilines is 1. The lowest BCUT2D eigenvalue weighted by Gasteiger charge is -2.06. The Kier molecular flexibility index (Phi) is 5.62. The van der Waals surface area contributed by atoms with Gasteiger partial charge in [0, 0.05) is 6.20 Å². The van der Waals surface area contributed by atoms with Crippen LogP contribution in [0.25, 0.3) is 0 Å². The average Bonchev–Trinajstić information content (AvgIpc) is 2.47. The van der Waals surface area contributed by atoms with Crippen molar-refractivity contribution in [2.45, 2.75) is 13.3 Å². The van der Waals surface area contributed by atoms with Crippen molar-refractivity contribution in [2.75, 3.05) is 16.8 Å². The van der Waals surface area contributed by atoms with E-state index in [1.165, 1.54) is 5.56 Å². The SMILES string of the molecule is Cc1cccnc1NC(=O)CSCCc1ccccc1. The molecule has 0 bridgehead atoms. The molecular formula is C16H18N2OS. The van der Waals surface area contributed by atoms with Crippen molar-refractivity contribution in [3.05, 3.63) is 59.8 Å². The molecular weight excluding hydrogens is 268 g/mol. The first-order valence-electron chi connectivity index (χ1n) is 6.59. The highest BCUT2D eigenvalue weighted by Gasteiger charge is 2.05. The van der Waals surface area contributed by atoms with Gasteiger partial charge in [-0.1, -0.05) is 36.4 Å². The van der Waals surface area contributed by atoms with E-state index >= 15 is 0 Å². The Morgan fingerprint density at radius 1 is 1.20 bits per heavy atom. The van der Waals surface area contributed by atoms with E-state index in [9.17, 15) is 4.79 Å². The number of carbonyl (C=O) groups is 1. The predicted molar refractivity (Wildman–Crippen MR) is 85.1 cm³/mol. The molecule has 0 radical (unpaired) electrons. The Morgan fingerprint density at radius 3 is 2.75 bits per heavy atom. The molecule has 1 amide bonds. The molecule has 2 rings (SSSR count). The van der Waals surface area contributed by atoms with Crippen molar-refractivity contribution in [1.82, 2.24) is 4.98 Å². The van der Waals surface area contributed by atoms with Gasteiger partial charge in [0.25, 0.3) is 0 Å². The van der Waals surface area contributed by atoms with Crippen LogP contribution < -0.4 is 5.32 Å². The van der Waals surface area contributed by atoms with Gasteiger partial charge in [-0.3, -0.25) is 4.79 Å². The first-order valence-corrected chi connectivity index (χ1v) is 7.74. The summed E-state index contributed by atoms with van der Waals surface area (Å²) in [5.41, 5.74) is 2.29. The van der Waals surface area contributed by atoms with E-state index in [0.29, 0.717) is 11.6 Å². The van der Waals surface area contributed by atoms with Crippen LogP contribution in [0.3, 0.4) is 0 Å². The molecule has 0 aliphatic carbocycles. The van der Waals surface area contributed by atoms with Crippen LogP contribution in [0.15, 0.2) is 48.7 Å². The molecule has 0 saturated carbocycles. The van der Waals surface area contributed by atoms with Gasteiger partial charge >= 0.3 is 0 Å². The zero-order chi connectivity index (χ0) is 14.2. The van der Waals surface area contributed by atoms with E-state index in [0.717, 1.165) is 17.7 Å². The highest BCUT2D eigenvalue weighted by Crippen LogP contribution is 2.11. The number of nitrogens with one attached hydrogen (secondary N) is 1. The monoisotopic (exact) mass is 286 g/mol. The quantitative estimate of drug-likeness (QED) is 0.828. The molecule has 4 heteroatoms. The van der Waals surface area contributed by atoms with Crippen LogP contribution in [0.2, 0.25) is 0 Å². The van der Waals surface area contributed by atoms with E-state index in [2.05, 4.69) is 22.4 Å². The number of thioether (sulfide) groups is 1. The van der Waals surface area contributed by atoms with Crippen LogP contribution in [0.5, 0.6) is 0 Å².